The molecular formula is C22H34O5. The molecule has 0 spiro atoms. The molecule has 27 heavy (non-hydrogen) atoms. The molecule has 1 saturated carbocycles. The zero-order valence-corrected chi connectivity index (χ0v) is 16.2. The highest BCUT2D eigenvalue weighted by atomic mass is 16.4. The van der Waals surface area contributed by atoms with Gasteiger partial charge in [-0.05, 0) is 38.0 Å². The molecule has 1 fully saturated rings. The Kier molecular flexibility index (Phi) is 11.7. The largest absolute Gasteiger partial charge is 0.481 e. The molecule has 0 aromatic heterocycles. The van der Waals surface area contributed by atoms with Crippen molar-refractivity contribution in [2.75, 3.05) is 0 Å². The molecule has 0 aliphatic heterocycles. The smallest absolute Gasteiger partial charge is 0.303 e. The zero-order chi connectivity index (χ0) is 20.1. The Morgan fingerprint density at radius 2 is 1.81 bits per heavy atom. The summed E-state index contributed by atoms with van der Waals surface area (Å²) in [5.41, 5.74) is 0. The molecule has 0 heterocycles. The normalized spacial score (nSPS) is 27.6. The van der Waals surface area contributed by atoms with E-state index in [1.165, 1.54) is 0 Å². The van der Waals surface area contributed by atoms with Gasteiger partial charge in [0.15, 0.2) is 0 Å². The number of hydrogen-bond acceptors (Lipinski definition) is 4. The van der Waals surface area contributed by atoms with E-state index in [0.717, 1.165) is 6.42 Å². The van der Waals surface area contributed by atoms with Gasteiger partial charge in [-0.3, -0.25) is 4.79 Å². The molecule has 0 bridgehead atoms. The lowest BCUT2D eigenvalue weighted by atomic mass is 9.89. The first-order valence-electron chi connectivity index (χ1n) is 9.85. The van der Waals surface area contributed by atoms with Crippen molar-refractivity contribution in [1.29, 1.82) is 0 Å². The standard InChI is InChI=1S/C22H34O5/c1-2-3-8-11-17(23)14-15-19-18(20(24)16-21(19)25)12-9-6-4-5-7-10-13-22(26)27/h3,5-9,14-15,17-21,23-25H,2,4,10-13,16H2,1H3,(H,26,27)/b7-5-,8-3-,9-6-,15-14+/t17-,18-,19+,20+,21-/m0/s1. The SMILES string of the molecule is CC/C=C\C[C@H](O)/C=C/[C@@H]1[C@H](C/C=C\C/C=C\CCC(=O)O)[C@H](O)C[C@@H]1O. The van der Waals surface area contributed by atoms with Gasteiger partial charge in [0.05, 0.1) is 18.3 Å². The first-order chi connectivity index (χ1) is 13.0. The number of aliphatic carboxylic acids is 1. The molecule has 5 heteroatoms. The maximum absolute atomic E-state index is 10.4. The van der Waals surface area contributed by atoms with Gasteiger partial charge in [-0.2, -0.15) is 0 Å². The van der Waals surface area contributed by atoms with Crippen LogP contribution in [-0.4, -0.2) is 44.7 Å². The molecule has 0 aromatic carbocycles. The van der Waals surface area contributed by atoms with Crippen LogP contribution in [0.15, 0.2) is 48.6 Å². The van der Waals surface area contributed by atoms with E-state index in [4.69, 9.17) is 5.11 Å². The number of aliphatic hydroxyl groups excluding tert-OH is 3. The minimum absolute atomic E-state index is 0.0677. The Morgan fingerprint density at radius 3 is 2.52 bits per heavy atom. The van der Waals surface area contributed by atoms with Crippen molar-refractivity contribution in [3.05, 3.63) is 48.6 Å². The number of carbonyl (C=O) groups is 1. The molecular weight excluding hydrogens is 344 g/mol. The fraction of sp³-hybridized carbons (Fsp3) is 0.591. The highest BCUT2D eigenvalue weighted by Gasteiger charge is 2.39. The van der Waals surface area contributed by atoms with E-state index in [9.17, 15) is 20.1 Å². The van der Waals surface area contributed by atoms with Crippen molar-refractivity contribution in [3.8, 4) is 0 Å². The molecule has 4 N–H and O–H groups in total. The predicted octanol–water partition coefficient (Wildman–Crippen LogP) is 3.38. The number of carboxylic acid groups (broad SMARTS) is 1. The second-order valence-electron chi connectivity index (χ2n) is 7.03. The van der Waals surface area contributed by atoms with Crippen molar-refractivity contribution >= 4 is 5.97 Å². The first kappa shape index (κ1) is 23.3. The Labute approximate surface area is 162 Å². The van der Waals surface area contributed by atoms with Crippen LogP contribution in [0, 0.1) is 11.8 Å². The number of carboxylic acids is 1. The van der Waals surface area contributed by atoms with Crippen molar-refractivity contribution in [1.82, 2.24) is 0 Å². The molecule has 0 unspecified atom stereocenters. The van der Waals surface area contributed by atoms with Gasteiger partial charge in [0.25, 0.3) is 0 Å². The first-order valence-corrected chi connectivity index (χ1v) is 9.85. The number of allylic oxidation sites excluding steroid dienone is 5. The molecule has 0 aromatic rings. The summed E-state index contributed by atoms with van der Waals surface area (Å²) in [6.45, 7) is 2.04. The Balaban J connectivity index is 2.47. The summed E-state index contributed by atoms with van der Waals surface area (Å²) in [6.07, 6.45) is 17.4. The lowest BCUT2D eigenvalue weighted by Crippen LogP contribution is -2.20. The average molecular weight is 379 g/mol. The monoisotopic (exact) mass is 378 g/mol. The molecule has 5 atom stereocenters. The van der Waals surface area contributed by atoms with Crippen LogP contribution in [0.3, 0.4) is 0 Å². The van der Waals surface area contributed by atoms with Crippen LogP contribution < -0.4 is 0 Å². The van der Waals surface area contributed by atoms with Crippen LogP contribution in [0.2, 0.25) is 0 Å². The van der Waals surface area contributed by atoms with E-state index in [-0.39, 0.29) is 18.3 Å². The van der Waals surface area contributed by atoms with Gasteiger partial charge in [-0.15, -0.1) is 0 Å². The Hall–Kier alpha value is -1.69. The van der Waals surface area contributed by atoms with Crippen LogP contribution in [0.4, 0.5) is 0 Å². The summed E-state index contributed by atoms with van der Waals surface area (Å²) in [5.74, 6) is -1.03. The van der Waals surface area contributed by atoms with E-state index in [1.54, 1.807) is 6.08 Å². The zero-order valence-electron chi connectivity index (χ0n) is 16.2. The van der Waals surface area contributed by atoms with Gasteiger partial charge in [0.2, 0.25) is 0 Å². The van der Waals surface area contributed by atoms with E-state index >= 15 is 0 Å². The fourth-order valence-electron chi connectivity index (χ4n) is 3.29. The van der Waals surface area contributed by atoms with Gasteiger partial charge >= 0.3 is 5.97 Å². The molecule has 152 valence electrons. The molecule has 1 aliphatic rings. The van der Waals surface area contributed by atoms with Gasteiger partial charge in [0.1, 0.15) is 0 Å². The maximum atomic E-state index is 10.4. The molecule has 0 amide bonds. The number of hydrogen-bond donors (Lipinski definition) is 4. The average Bonchev–Trinajstić information content (AvgIpc) is 2.88. The van der Waals surface area contributed by atoms with Crippen molar-refractivity contribution in [2.45, 2.75) is 70.2 Å². The van der Waals surface area contributed by atoms with Crippen molar-refractivity contribution in [2.24, 2.45) is 11.8 Å². The highest BCUT2D eigenvalue weighted by molar-refractivity contribution is 5.66. The fourth-order valence-corrected chi connectivity index (χ4v) is 3.29. The molecule has 5 nitrogen and oxygen atoms in total. The van der Waals surface area contributed by atoms with Crippen LogP contribution in [0.1, 0.15) is 51.9 Å². The minimum Gasteiger partial charge on any atom is -0.481 e. The molecule has 0 saturated heterocycles. The second-order valence-corrected chi connectivity index (χ2v) is 7.03. The van der Waals surface area contributed by atoms with Crippen molar-refractivity contribution in [3.63, 3.8) is 0 Å². The van der Waals surface area contributed by atoms with Gasteiger partial charge in [0, 0.05) is 18.8 Å². The third-order valence-corrected chi connectivity index (χ3v) is 4.79. The van der Waals surface area contributed by atoms with Gasteiger partial charge in [-0.25, -0.2) is 0 Å². The number of rotatable bonds is 12. The Morgan fingerprint density at radius 1 is 1.07 bits per heavy atom. The van der Waals surface area contributed by atoms with E-state index in [1.807, 2.05) is 49.5 Å². The topological polar surface area (TPSA) is 98.0 Å². The minimum atomic E-state index is -0.797. The number of aliphatic hydroxyl groups is 3. The molecule has 0 radical (unpaired) electrons. The lowest BCUT2D eigenvalue weighted by Gasteiger charge is -2.19. The summed E-state index contributed by atoms with van der Waals surface area (Å²) in [6, 6.07) is 0. The Bertz CT molecular complexity index is 535. The van der Waals surface area contributed by atoms with Gasteiger partial charge < -0.3 is 20.4 Å². The molecule has 1 rings (SSSR count). The predicted molar refractivity (Wildman–Crippen MR) is 107 cm³/mol. The molecule has 1 aliphatic carbocycles. The van der Waals surface area contributed by atoms with Crippen LogP contribution >= 0.6 is 0 Å². The van der Waals surface area contributed by atoms with Gasteiger partial charge in [-0.1, -0.05) is 55.5 Å². The van der Waals surface area contributed by atoms with Crippen LogP contribution in [0.25, 0.3) is 0 Å². The van der Waals surface area contributed by atoms with Crippen LogP contribution in [-0.2, 0) is 4.79 Å². The maximum Gasteiger partial charge on any atom is 0.303 e. The lowest BCUT2D eigenvalue weighted by molar-refractivity contribution is -0.136. The third kappa shape index (κ3) is 9.70. The third-order valence-electron chi connectivity index (χ3n) is 4.79. The van der Waals surface area contributed by atoms with E-state index in [0.29, 0.717) is 32.1 Å². The van der Waals surface area contributed by atoms with E-state index < -0.39 is 24.3 Å². The second kappa shape index (κ2) is 13.5. The summed E-state index contributed by atoms with van der Waals surface area (Å²) >= 11 is 0. The summed E-state index contributed by atoms with van der Waals surface area (Å²) < 4.78 is 0. The summed E-state index contributed by atoms with van der Waals surface area (Å²) in [5, 5.41) is 39.0. The van der Waals surface area contributed by atoms with E-state index in [2.05, 4.69) is 0 Å². The summed E-state index contributed by atoms with van der Waals surface area (Å²) in [7, 11) is 0. The van der Waals surface area contributed by atoms with Crippen molar-refractivity contribution < 1.29 is 25.2 Å². The highest BCUT2D eigenvalue weighted by Crippen LogP contribution is 2.36. The quantitative estimate of drug-likeness (QED) is 0.390. The summed E-state index contributed by atoms with van der Waals surface area (Å²) in [4.78, 5) is 10.4. The van der Waals surface area contributed by atoms with Crippen LogP contribution in [0.5, 0.6) is 0 Å².